The van der Waals surface area contributed by atoms with Crippen LogP contribution in [0, 0.1) is 0 Å². The lowest BCUT2D eigenvalue weighted by Gasteiger charge is -2.12. The molecule has 38 heavy (non-hydrogen) atoms. The molecule has 0 bridgehead atoms. The van der Waals surface area contributed by atoms with Crippen molar-refractivity contribution in [3.05, 3.63) is 90.8 Å². The third-order valence-corrected chi connectivity index (χ3v) is 6.83. The van der Waals surface area contributed by atoms with Gasteiger partial charge in [-0.3, -0.25) is 4.79 Å². The van der Waals surface area contributed by atoms with Gasteiger partial charge in [-0.1, -0.05) is 47.7 Å². The zero-order valence-electron chi connectivity index (χ0n) is 19.9. The summed E-state index contributed by atoms with van der Waals surface area (Å²) in [6, 6.07) is 23.6. The fourth-order valence-corrected chi connectivity index (χ4v) is 4.90. The van der Waals surface area contributed by atoms with Gasteiger partial charge in [0, 0.05) is 5.69 Å². The number of methoxy groups -OCH3 is 1. The Morgan fingerprint density at radius 3 is 2.63 bits per heavy atom. The van der Waals surface area contributed by atoms with E-state index in [1.165, 1.54) is 22.3 Å². The molecule has 2 N–H and O–H groups in total. The number of fused-ring (bicyclic) bond motifs is 2. The van der Waals surface area contributed by atoms with E-state index in [2.05, 4.69) is 30.6 Å². The van der Waals surface area contributed by atoms with Gasteiger partial charge in [0.15, 0.2) is 5.75 Å². The summed E-state index contributed by atoms with van der Waals surface area (Å²) in [7, 11) is 1.57. The van der Waals surface area contributed by atoms with Crippen LogP contribution in [-0.4, -0.2) is 37.9 Å². The van der Waals surface area contributed by atoms with Crippen molar-refractivity contribution in [2.75, 3.05) is 12.4 Å². The molecule has 6 rings (SSSR count). The van der Waals surface area contributed by atoms with Gasteiger partial charge in [0.05, 0.1) is 22.9 Å². The highest BCUT2D eigenvalue weighted by molar-refractivity contribution is 7.20. The number of hydrogen-bond acceptors (Lipinski definition) is 9. The monoisotopic (exact) mass is 521 g/mol. The van der Waals surface area contributed by atoms with Crippen molar-refractivity contribution in [1.82, 2.24) is 19.7 Å². The van der Waals surface area contributed by atoms with Gasteiger partial charge in [-0.15, -0.1) is 10.2 Å². The number of anilines is 1. The van der Waals surface area contributed by atoms with Gasteiger partial charge in [0.2, 0.25) is 5.13 Å². The molecule has 0 spiro atoms. The smallest absolute Gasteiger partial charge is 0.274 e. The van der Waals surface area contributed by atoms with Crippen LogP contribution in [0.3, 0.4) is 0 Å². The summed E-state index contributed by atoms with van der Waals surface area (Å²) < 4.78 is 7.65. The third kappa shape index (κ3) is 4.31. The minimum atomic E-state index is -0.487. The second kappa shape index (κ2) is 9.71. The summed E-state index contributed by atoms with van der Waals surface area (Å²) in [5, 5.41) is 28.5. The lowest BCUT2D eigenvalue weighted by Crippen LogP contribution is -2.12. The first-order valence-corrected chi connectivity index (χ1v) is 12.3. The first-order chi connectivity index (χ1) is 18.6. The van der Waals surface area contributed by atoms with Crippen molar-refractivity contribution >= 4 is 55.6 Å². The third-order valence-electron chi connectivity index (χ3n) is 5.82. The molecule has 10 nitrogen and oxygen atoms in total. The zero-order chi connectivity index (χ0) is 26.1. The van der Waals surface area contributed by atoms with Crippen molar-refractivity contribution in [3.63, 3.8) is 0 Å². The highest BCUT2D eigenvalue weighted by atomic mass is 32.1. The van der Waals surface area contributed by atoms with E-state index in [1.54, 1.807) is 49.6 Å². The maximum Gasteiger partial charge on any atom is 0.274 e. The standard InChI is InChI=1S/C27H19N7O3S/c1-37-18-12-10-17(11-13-18)30-25(36)23-19-7-3-2-6-16(19)14-21(24(23)35)32-33-26-28-15-29-34(26)27-31-20-8-4-5-9-22(20)38-27/h2-15,35H,1H3,(H,30,36)/b33-32+. The van der Waals surface area contributed by atoms with Crippen LogP contribution in [0.2, 0.25) is 0 Å². The molecule has 0 saturated carbocycles. The topological polar surface area (TPSA) is 127 Å². The first-order valence-electron chi connectivity index (χ1n) is 11.5. The molecule has 11 heteroatoms. The van der Waals surface area contributed by atoms with Gasteiger partial charge >= 0.3 is 0 Å². The summed E-state index contributed by atoms with van der Waals surface area (Å²) in [6.45, 7) is 0. The molecule has 0 aliphatic heterocycles. The Labute approximate surface area is 219 Å². The number of amides is 1. The average Bonchev–Trinajstić information content (AvgIpc) is 3.59. The number of aromatic nitrogens is 4. The number of carbonyl (C=O) groups excluding carboxylic acids is 1. The molecule has 186 valence electrons. The number of thiazole rings is 1. The van der Waals surface area contributed by atoms with Crippen LogP contribution in [0.5, 0.6) is 11.5 Å². The minimum Gasteiger partial charge on any atom is -0.505 e. The maximum atomic E-state index is 13.3. The van der Waals surface area contributed by atoms with Crippen molar-refractivity contribution in [2.45, 2.75) is 0 Å². The number of benzene rings is 4. The van der Waals surface area contributed by atoms with Crippen LogP contribution >= 0.6 is 11.3 Å². The van der Waals surface area contributed by atoms with Crippen LogP contribution in [0.4, 0.5) is 17.3 Å². The molecule has 0 saturated heterocycles. The molecule has 0 unspecified atom stereocenters. The predicted molar refractivity (Wildman–Crippen MR) is 145 cm³/mol. The Kier molecular flexibility index (Phi) is 5.94. The maximum absolute atomic E-state index is 13.3. The van der Waals surface area contributed by atoms with E-state index in [4.69, 9.17) is 4.74 Å². The van der Waals surface area contributed by atoms with E-state index in [0.717, 1.165) is 10.2 Å². The van der Waals surface area contributed by atoms with Gasteiger partial charge in [-0.2, -0.15) is 14.8 Å². The van der Waals surface area contributed by atoms with E-state index in [0.29, 0.717) is 27.3 Å². The number of azo groups is 1. The fourth-order valence-electron chi connectivity index (χ4n) is 3.98. The lowest BCUT2D eigenvalue weighted by atomic mass is 10.0. The molecular formula is C27H19N7O3S. The minimum absolute atomic E-state index is 0.0838. The number of phenolic OH excluding ortho intramolecular Hbond substituents is 1. The van der Waals surface area contributed by atoms with Crippen LogP contribution < -0.4 is 10.1 Å². The summed E-state index contributed by atoms with van der Waals surface area (Å²) in [6.07, 6.45) is 1.36. The Morgan fingerprint density at radius 1 is 1.03 bits per heavy atom. The van der Waals surface area contributed by atoms with Crippen LogP contribution in [0.15, 0.2) is 95.4 Å². The predicted octanol–water partition coefficient (Wildman–Crippen LogP) is 6.41. The Bertz CT molecular complexity index is 1790. The molecule has 0 fully saturated rings. The molecule has 0 aliphatic rings. The fraction of sp³-hybridized carbons (Fsp3) is 0.0370. The van der Waals surface area contributed by atoms with Crippen LogP contribution in [0.1, 0.15) is 10.4 Å². The normalized spacial score (nSPS) is 11.4. The largest absolute Gasteiger partial charge is 0.505 e. The highest BCUT2D eigenvalue weighted by Gasteiger charge is 2.20. The molecule has 2 aromatic heterocycles. The average molecular weight is 522 g/mol. The van der Waals surface area contributed by atoms with Gasteiger partial charge in [0.25, 0.3) is 11.9 Å². The zero-order valence-corrected chi connectivity index (χ0v) is 20.8. The number of nitrogens with zero attached hydrogens (tertiary/aromatic N) is 6. The molecule has 2 heterocycles. The molecule has 1 amide bonds. The number of rotatable bonds is 6. The molecule has 4 aromatic carbocycles. The first kappa shape index (κ1) is 23.3. The summed E-state index contributed by atoms with van der Waals surface area (Å²) in [4.78, 5) is 22.1. The number of ether oxygens (including phenoxy) is 1. The van der Waals surface area contributed by atoms with Crippen molar-refractivity contribution < 1.29 is 14.6 Å². The number of carbonyl (C=O) groups is 1. The number of para-hydroxylation sites is 1. The molecule has 0 radical (unpaired) electrons. The van der Waals surface area contributed by atoms with E-state index >= 15 is 0 Å². The Hall–Kier alpha value is -5.16. The lowest BCUT2D eigenvalue weighted by molar-refractivity contribution is 0.102. The Balaban J connectivity index is 1.37. The molecule has 0 aliphatic carbocycles. The Morgan fingerprint density at radius 2 is 1.82 bits per heavy atom. The van der Waals surface area contributed by atoms with E-state index in [9.17, 15) is 9.90 Å². The van der Waals surface area contributed by atoms with Gasteiger partial charge in [-0.25, -0.2) is 4.98 Å². The van der Waals surface area contributed by atoms with Gasteiger partial charge in [-0.05, 0) is 53.2 Å². The number of hydrogen-bond donors (Lipinski definition) is 2. The summed E-state index contributed by atoms with van der Waals surface area (Å²) in [5.74, 6) is 0.0568. The molecular weight excluding hydrogens is 502 g/mol. The summed E-state index contributed by atoms with van der Waals surface area (Å²) in [5.41, 5.74) is 1.59. The molecule has 0 atom stereocenters. The highest BCUT2D eigenvalue weighted by Crippen LogP contribution is 2.38. The van der Waals surface area contributed by atoms with Crippen LogP contribution in [-0.2, 0) is 0 Å². The molecule has 6 aromatic rings. The van der Waals surface area contributed by atoms with Crippen molar-refractivity contribution in [2.24, 2.45) is 10.2 Å². The van der Waals surface area contributed by atoms with Gasteiger partial charge in [0.1, 0.15) is 17.8 Å². The van der Waals surface area contributed by atoms with Crippen molar-refractivity contribution in [1.29, 1.82) is 0 Å². The van der Waals surface area contributed by atoms with E-state index < -0.39 is 5.91 Å². The SMILES string of the molecule is COc1ccc(NC(=O)c2c(O)c(/N=N/c3ncnn3-c3nc4ccccc4s3)cc3ccccc23)cc1. The second-order valence-corrected chi connectivity index (χ2v) is 9.17. The van der Waals surface area contributed by atoms with E-state index in [-0.39, 0.29) is 22.9 Å². The number of nitrogens with one attached hydrogen (secondary N) is 1. The summed E-state index contributed by atoms with van der Waals surface area (Å²) >= 11 is 1.44. The quantitative estimate of drug-likeness (QED) is 0.244. The second-order valence-electron chi connectivity index (χ2n) is 8.16. The van der Waals surface area contributed by atoms with E-state index in [1.807, 2.05) is 36.4 Å². The van der Waals surface area contributed by atoms with Crippen molar-refractivity contribution in [3.8, 4) is 16.6 Å². The number of aromatic hydroxyl groups is 1. The van der Waals surface area contributed by atoms with Gasteiger partial charge < -0.3 is 15.2 Å². The number of phenols is 1. The van der Waals surface area contributed by atoms with Crippen LogP contribution in [0.25, 0.3) is 26.1 Å².